The lowest BCUT2D eigenvalue weighted by atomic mass is 10.1. The molecule has 0 aliphatic carbocycles. The maximum absolute atomic E-state index is 5.99. The van der Waals surface area contributed by atoms with Crippen LogP contribution in [0.3, 0.4) is 0 Å². The van der Waals surface area contributed by atoms with Crippen molar-refractivity contribution >= 4 is 9.04 Å². The van der Waals surface area contributed by atoms with E-state index < -0.39 is 9.04 Å². The van der Waals surface area contributed by atoms with E-state index in [1.807, 2.05) is 0 Å². The third-order valence-electron chi connectivity index (χ3n) is 2.87. The van der Waals surface area contributed by atoms with Crippen molar-refractivity contribution in [3.05, 3.63) is 35.9 Å². The Balaban J connectivity index is 2.11. The lowest BCUT2D eigenvalue weighted by Gasteiger charge is -2.13. The van der Waals surface area contributed by atoms with E-state index in [0.717, 1.165) is 19.4 Å². The lowest BCUT2D eigenvalue weighted by Crippen LogP contribution is -2.17. The first-order valence-electron chi connectivity index (χ1n) is 6.52. The van der Waals surface area contributed by atoms with Gasteiger partial charge in [0.05, 0.1) is 0 Å². The van der Waals surface area contributed by atoms with Gasteiger partial charge < -0.3 is 4.43 Å². The van der Waals surface area contributed by atoms with Crippen LogP contribution in [0.4, 0.5) is 0 Å². The Hall–Kier alpha value is -0.603. The highest BCUT2D eigenvalue weighted by Gasteiger charge is 2.06. The molecule has 1 unspecified atom stereocenters. The standard InChI is InChI=1S/C14H24OSi/c1-3-13-16(4-2)15-12-8-11-14-9-6-5-7-10-14/h5-7,9-10,16H,3-4,8,11-13H2,1-2H3. The predicted octanol–water partition coefficient (Wildman–Crippen LogP) is 3.79. The highest BCUT2D eigenvalue weighted by atomic mass is 28.3. The Morgan fingerprint density at radius 1 is 1.12 bits per heavy atom. The van der Waals surface area contributed by atoms with E-state index >= 15 is 0 Å². The number of hydrogen-bond acceptors (Lipinski definition) is 1. The van der Waals surface area contributed by atoms with Gasteiger partial charge in [0.15, 0.2) is 9.04 Å². The van der Waals surface area contributed by atoms with Crippen LogP contribution < -0.4 is 0 Å². The van der Waals surface area contributed by atoms with Crippen LogP contribution in [0.15, 0.2) is 30.3 Å². The number of benzene rings is 1. The Kier molecular flexibility index (Phi) is 7.18. The van der Waals surface area contributed by atoms with Gasteiger partial charge in [0.2, 0.25) is 0 Å². The fraction of sp³-hybridized carbons (Fsp3) is 0.571. The second kappa shape index (κ2) is 8.54. The first-order valence-corrected chi connectivity index (χ1v) is 8.62. The molecule has 0 aliphatic heterocycles. The van der Waals surface area contributed by atoms with Gasteiger partial charge in [0, 0.05) is 6.61 Å². The summed E-state index contributed by atoms with van der Waals surface area (Å²) in [5.74, 6) is 0. The number of hydrogen-bond donors (Lipinski definition) is 0. The third kappa shape index (κ3) is 5.47. The molecule has 0 aliphatic rings. The largest absolute Gasteiger partial charge is 0.420 e. The van der Waals surface area contributed by atoms with Crippen molar-refractivity contribution in [1.82, 2.24) is 0 Å². The molecule has 0 spiro atoms. The van der Waals surface area contributed by atoms with Crippen LogP contribution in [0.1, 0.15) is 32.3 Å². The lowest BCUT2D eigenvalue weighted by molar-refractivity contribution is 0.311. The topological polar surface area (TPSA) is 9.23 Å². The molecule has 2 heteroatoms. The van der Waals surface area contributed by atoms with Crippen molar-refractivity contribution in [2.75, 3.05) is 6.61 Å². The van der Waals surface area contributed by atoms with Gasteiger partial charge in [-0.05, 0) is 30.5 Å². The summed E-state index contributed by atoms with van der Waals surface area (Å²) in [6.45, 7) is 5.48. The molecule has 0 bridgehead atoms. The molecule has 1 atom stereocenters. The molecule has 0 N–H and O–H groups in total. The molecule has 0 saturated carbocycles. The van der Waals surface area contributed by atoms with Gasteiger partial charge in [-0.15, -0.1) is 0 Å². The SMILES string of the molecule is CCC[SiH](CC)OCCCc1ccccc1. The average molecular weight is 236 g/mol. The second-order valence-corrected chi connectivity index (χ2v) is 7.25. The van der Waals surface area contributed by atoms with Crippen LogP contribution in [0.2, 0.25) is 12.1 Å². The zero-order chi connectivity index (χ0) is 11.6. The summed E-state index contributed by atoms with van der Waals surface area (Å²) in [6, 6.07) is 13.3. The van der Waals surface area contributed by atoms with Gasteiger partial charge in [-0.1, -0.05) is 50.6 Å². The molecule has 0 aromatic heterocycles. The van der Waals surface area contributed by atoms with Crippen LogP contribution >= 0.6 is 0 Å². The molecule has 1 aromatic carbocycles. The molecule has 0 fully saturated rings. The predicted molar refractivity (Wildman–Crippen MR) is 73.4 cm³/mol. The quantitative estimate of drug-likeness (QED) is 0.493. The summed E-state index contributed by atoms with van der Waals surface area (Å²) in [6.07, 6.45) is 3.60. The number of aryl methyl sites for hydroxylation is 1. The van der Waals surface area contributed by atoms with E-state index in [-0.39, 0.29) is 0 Å². The minimum absolute atomic E-state index is 0.838. The highest BCUT2D eigenvalue weighted by Crippen LogP contribution is 2.07. The van der Waals surface area contributed by atoms with E-state index in [1.165, 1.54) is 24.1 Å². The van der Waals surface area contributed by atoms with Crippen molar-refractivity contribution in [2.24, 2.45) is 0 Å². The van der Waals surface area contributed by atoms with Gasteiger partial charge in [-0.3, -0.25) is 0 Å². The van der Waals surface area contributed by atoms with Crippen LogP contribution in [0.25, 0.3) is 0 Å². The van der Waals surface area contributed by atoms with Gasteiger partial charge >= 0.3 is 0 Å². The summed E-state index contributed by atoms with van der Waals surface area (Å²) in [7, 11) is -0.838. The minimum Gasteiger partial charge on any atom is -0.420 e. The molecular weight excluding hydrogens is 212 g/mol. The molecule has 90 valence electrons. The van der Waals surface area contributed by atoms with E-state index in [4.69, 9.17) is 4.43 Å². The molecule has 0 heterocycles. The third-order valence-corrected chi connectivity index (χ3v) is 5.71. The van der Waals surface area contributed by atoms with Gasteiger partial charge in [-0.25, -0.2) is 0 Å². The van der Waals surface area contributed by atoms with Crippen molar-refractivity contribution < 1.29 is 4.43 Å². The highest BCUT2D eigenvalue weighted by molar-refractivity contribution is 6.51. The summed E-state index contributed by atoms with van der Waals surface area (Å²) in [5, 5.41) is 0. The monoisotopic (exact) mass is 236 g/mol. The molecule has 1 rings (SSSR count). The minimum atomic E-state index is -0.838. The Morgan fingerprint density at radius 2 is 1.88 bits per heavy atom. The molecular formula is C14H24OSi. The van der Waals surface area contributed by atoms with Crippen LogP contribution in [-0.2, 0) is 10.8 Å². The fourth-order valence-electron chi connectivity index (χ4n) is 1.90. The molecule has 1 nitrogen and oxygen atoms in total. The van der Waals surface area contributed by atoms with Crippen LogP contribution in [-0.4, -0.2) is 15.6 Å². The van der Waals surface area contributed by atoms with Gasteiger partial charge in [-0.2, -0.15) is 0 Å². The maximum atomic E-state index is 5.99. The summed E-state index contributed by atoms with van der Waals surface area (Å²) < 4.78 is 5.99. The zero-order valence-corrected chi connectivity index (χ0v) is 11.8. The number of rotatable bonds is 8. The molecule has 1 aromatic rings. The van der Waals surface area contributed by atoms with Crippen LogP contribution in [0, 0.1) is 0 Å². The fourth-order valence-corrected chi connectivity index (χ4v) is 3.85. The first kappa shape index (κ1) is 13.5. The smallest absolute Gasteiger partial charge is 0.176 e. The van der Waals surface area contributed by atoms with E-state index in [9.17, 15) is 0 Å². The Labute approximate surface area is 102 Å². The summed E-state index contributed by atoms with van der Waals surface area (Å²) in [5.41, 5.74) is 1.43. The van der Waals surface area contributed by atoms with Crippen LogP contribution in [0.5, 0.6) is 0 Å². The first-order chi connectivity index (χ1) is 7.86. The maximum Gasteiger partial charge on any atom is 0.176 e. The Bertz CT molecular complexity index is 261. The van der Waals surface area contributed by atoms with Gasteiger partial charge in [0.1, 0.15) is 0 Å². The van der Waals surface area contributed by atoms with Crippen molar-refractivity contribution in [2.45, 2.75) is 45.2 Å². The summed E-state index contributed by atoms with van der Waals surface area (Å²) >= 11 is 0. The normalized spacial score (nSPS) is 12.6. The average Bonchev–Trinajstić information content (AvgIpc) is 2.34. The van der Waals surface area contributed by atoms with Crippen molar-refractivity contribution in [1.29, 1.82) is 0 Å². The molecule has 0 radical (unpaired) electrons. The van der Waals surface area contributed by atoms with Crippen molar-refractivity contribution in [3.8, 4) is 0 Å². The van der Waals surface area contributed by atoms with E-state index in [0.29, 0.717) is 0 Å². The van der Waals surface area contributed by atoms with E-state index in [1.54, 1.807) is 0 Å². The molecule has 0 amide bonds. The van der Waals surface area contributed by atoms with E-state index in [2.05, 4.69) is 44.2 Å². The molecule has 0 saturated heterocycles. The second-order valence-electron chi connectivity index (χ2n) is 4.28. The zero-order valence-electron chi connectivity index (χ0n) is 10.6. The van der Waals surface area contributed by atoms with Crippen molar-refractivity contribution in [3.63, 3.8) is 0 Å². The van der Waals surface area contributed by atoms with Gasteiger partial charge in [0.25, 0.3) is 0 Å². The summed E-state index contributed by atoms with van der Waals surface area (Å²) in [4.78, 5) is 0. The Morgan fingerprint density at radius 3 is 2.50 bits per heavy atom. The molecule has 16 heavy (non-hydrogen) atoms.